The van der Waals surface area contributed by atoms with Gasteiger partial charge in [-0.1, -0.05) is 54.5 Å². The molecule has 2 unspecified atom stereocenters. The molecule has 352 valence electrons. The van der Waals surface area contributed by atoms with Gasteiger partial charge in [-0.2, -0.15) is 0 Å². The topological polar surface area (TPSA) is 172 Å². The summed E-state index contributed by atoms with van der Waals surface area (Å²) < 4.78 is 49.2. The first-order valence-corrected chi connectivity index (χ1v) is 22.4. The first kappa shape index (κ1) is 46.1. The molecular weight excluding hydrogens is 839 g/mol. The molecule has 2 aromatic heterocycles. The largest absolute Gasteiger partial charge is 0.489 e. The van der Waals surface area contributed by atoms with Gasteiger partial charge in [-0.25, -0.2) is 0 Å². The average Bonchev–Trinajstić information content (AvgIpc) is 4.14. The highest BCUT2D eigenvalue weighted by Crippen LogP contribution is 2.26. The van der Waals surface area contributed by atoms with Crippen molar-refractivity contribution in [1.29, 1.82) is 0 Å². The van der Waals surface area contributed by atoms with Crippen molar-refractivity contribution in [2.45, 2.75) is 97.9 Å². The van der Waals surface area contributed by atoms with Gasteiger partial charge in [0, 0.05) is 94.1 Å². The number of hydrogen-bond acceptors (Lipinski definition) is 9. The van der Waals surface area contributed by atoms with Gasteiger partial charge in [0.1, 0.15) is 23.9 Å². The van der Waals surface area contributed by atoms with Crippen LogP contribution in [-0.2, 0) is 20.9 Å². The summed E-state index contributed by atoms with van der Waals surface area (Å²) in [5.74, 6) is -0.744. The van der Waals surface area contributed by atoms with Gasteiger partial charge in [0.25, 0.3) is 11.8 Å². The van der Waals surface area contributed by atoms with Crippen molar-refractivity contribution in [2.24, 2.45) is 5.92 Å². The fourth-order valence-corrected chi connectivity index (χ4v) is 7.16. The van der Waals surface area contributed by atoms with E-state index >= 15 is 0 Å². The van der Waals surface area contributed by atoms with Crippen molar-refractivity contribution < 1.29 is 51.8 Å². The minimum absolute atomic E-state index is 0.0804. The number of amides is 2. The second kappa shape index (κ2) is 25.9. The zero-order chi connectivity index (χ0) is 50.1. The molecule has 13 nitrogen and oxygen atoms in total. The number of carbonyl (C=O) groups excluding carboxylic acids is 2. The van der Waals surface area contributed by atoms with Gasteiger partial charge in [-0.15, -0.1) is 0 Å². The van der Waals surface area contributed by atoms with Crippen LogP contribution in [0.2, 0.25) is 0 Å². The first-order valence-electron chi connectivity index (χ1n) is 23.9. The second-order valence-electron chi connectivity index (χ2n) is 16.6. The fraction of sp³-hybridized carbons (Fsp3) is 0.396. The van der Waals surface area contributed by atoms with E-state index in [1.165, 1.54) is 9.80 Å². The average molecular weight is 907 g/mol. The Morgan fingerprint density at radius 3 is 1.89 bits per heavy atom. The van der Waals surface area contributed by atoms with Crippen molar-refractivity contribution in [1.82, 2.24) is 15.1 Å². The lowest BCUT2D eigenvalue weighted by molar-refractivity contribution is -0.138. The molecule has 1 aliphatic rings. The third-order valence-electron chi connectivity index (χ3n) is 10.9. The van der Waals surface area contributed by atoms with Gasteiger partial charge < -0.3 is 43.6 Å². The Morgan fingerprint density at radius 1 is 0.758 bits per heavy atom. The highest BCUT2D eigenvalue weighted by Gasteiger charge is 2.32. The lowest BCUT2D eigenvalue weighted by Gasteiger charge is -2.31. The number of nitrogens with one attached hydrogen (secondary N) is 1. The molecule has 1 saturated heterocycles. The van der Waals surface area contributed by atoms with E-state index in [2.05, 4.69) is 5.32 Å². The van der Waals surface area contributed by atoms with Crippen LogP contribution in [-0.4, -0.2) is 94.7 Å². The third-order valence-corrected chi connectivity index (χ3v) is 10.9. The van der Waals surface area contributed by atoms with Crippen molar-refractivity contribution in [2.75, 3.05) is 32.8 Å². The molecule has 2 amide bonds. The number of rotatable bonds is 23. The highest BCUT2D eigenvalue weighted by atomic mass is 16.5. The molecular formula is C53H65N3O10. The summed E-state index contributed by atoms with van der Waals surface area (Å²) in [4.78, 5) is 51.0. The standard InChI is InChI=1S/C28H31NO5.C25H34N2O5/c1-20(2)29(28(32)23-13-11-22(12-14-23)25-9-6-17-33-25)19-24-7-4-5-8-26(24)34-18-16-21(3)10-15-27(30)31;1-18(2)27(25(30)20-11-9-19(10-12-20)22-7-6-14-31-22)17-21-15-26-16-23(21)32-13-5-3-4-8-24(28)29/h4-9,11-14,16-17,20H,10,15,18-19H2,1-3H3,(H,30,31);6-7,9-12,14,18,21,23,26H,3-5,8,13,15-17H2,1-2H3,(H,28,29)/b21-16+;/i20D;17D2. The first-order chi connectivity index (χ1) is 32.9. The van der Waals surface area contributed by atoms with Crippen LogP contribution < -0.4 is 10.1 Å². The minimum Gasteiger partial charge on any atom is -0.489 e. The molecule has 66 heavy (non-hydrogen) atoms. The maximum absolute atomic E-state index is 13.4. The minimum atomic E-state index is -1.93. The maximum atomic E-state index is 13.4. The highest BCUT2D eigenvalue weighted by molar-refractivity contribution is 5.95. The molecule has 6 rings (SSSR count). The number of allylic oxidation sites excluding steroid dienone is 1. The molecule has 0 spiro atoms. The molecule has 3 aromatic carbocycles. The predicted octanol–water partition coefficient (Wildman–Crippen LogP) is 10.2. The number of ether oxygens (including phenoxy) is 2. The summed E-state index contributed by atoms with van der Waals surface area (Å²) >= 11 is 0. The van der Waals surface area contributed by atoms with E-state index in [1.807, 2.05) is 81.4 Å². The van der Waals surface area contributed by atoms with E-state index in [-0.39, 0.29) is 50.0 Å². The lowest BCUT2D eigenvalue weighted by Crippen LogP contribution is -2.43. The van der Waals surface area contributed by atoms with Gasteiger partial charge >= 0.3 is 11.9 Å². The second-order valence-corrected chi connectivity index (χ2v) is 16.6. The Kier molecular flexibility index (Phi) is 18.1. The van der Waals surface area contributed by atoms with E-state index < -0.39 is 30.4 Å². The van der Waals surface area contributed by atoms with Gasteiger partial charge in [0.15, 0.2) is 0 Å². The Balaban J connectivity index is 0.000000258. The normalized spacial score (nSPS) is 15.8. The molecule has 3 N–H and O–H groups in total. The third kappa shape index (κ3) is 15.6. The Hall–Kier alpha value is -6.44. The van der Waals surface area contributed by atoms with Crippen LogP contribution in [0.1, 0.15) is 104 Å². The molecule has 0 aliphatic carbocycles. The predicted molar refractivity (Wildman–Crippen MR) is 254 cm³/mol. The van der Waals surface area contributed by atoms with Gasteiger partial charge in [0.05, 0.1) is 20.0 Å². The van der Waals surface area contributed by atoms with E-state index in [4.69, 9.17) is 32.6 Å². The summed E-state index contributed by atoms with van der Waals surface area (Å²) in [5.41, 5.74) is 4.33. The maximum Gasteiger partial charge on any atom is 0.303 e. The van der Waals surface area contributed by atoms with Crippen molar-refractivity contribution >= 4 is 23.8 Å². The number of furan rings is 2. The summed E-state index contributed by atoms with van der Waals surface area (Å²) in [7, 11) is 0. The van der Waals surface area contributed by atoms with Crippen LogP contribution >= 0.6 is 0 Å². The number of carboxylic acid groups (broad SMARTS) is 2. The zero-order valence-corrected chi connectivity index (χ0v) is 38.5. The summed E-state index contributed by atoms with van der Waals surface area (Å²) in [5, 5.41) is 20.8. The summed E-state index contributed by atoms with van der Waals surface area (Å²) in [6.45, 7) is 8.77. The van der Waals surface area contributed by atoms with Gasteiger partial charge in [-0.05, 0) is 115 Å². The fourth-order valence-electron chi connectivity index (χ4n) is 7.16. The molecule has 3 heterocycles. The number of hydrogen-bond donors (Lipinski definition) is 3. The molecule has 0 saturated carbocycles. The molecule has 0 radical (unpaired) electrons. The quantitative estimate of drug-likeness (QED) is 0.0421. The lowest BCUT2D eigenvalue weighted by atomic mass is 10.0. The number of carbonyl (C=O) groups is 4. The van der Waals surface area contributed by atoms with Crippen molar-refractivity contribution in [3.05, 3.63) is 138 Å². The molecule has 1 aliphatic heterocycles. The van der Waals surface area contributed by atoms with Crippen LogP contribution in [0, 0.1) is 5.92 Å². The number of para-hydroxylation sites is 1. The van der Waals surface area contributed by atoms with Crippen LogP contribution in [0.25, 0.3) is 22.6 Å². The molecule has 13 heteroatoms. The van der Waals surface area contributed by atoms with E-state index in [0.29, 0.717) is 61.6 Å². The van der Waals surface area contributed by atoms with Gasteiger partial charge in [-0.3, -0.25) is 19.2 Å². The Bertz CT molecular complexity index is 2430. The SMILES string of the molecule is [2H]C(C)(C)N(Cc1ccccc1OC/C=C(\C)CCC(=O)O)C(=O)c1ccc(-c2ccco2)cc1.[2H]C([2H])(C1CNCC1OCCCCCC(=O)O)N(C(=O)c1ccc(-c2ccco2)cc1)C(C)C. The number of aliphatic carboxylic acids is 2. The number of unbranched alkanes of at least 4 members (excludes halogenated alkanes) is 2. The smallest absolute Gasteiger partial charge is 0.303 e. The molecule has 5 aromatic rings. The van der Waals surface area contributed by atoms with Crippen LogP contribution in [0.5, 0.6) is 5.75 Å². The monoisotopic (exact) mass is 906 g/mol. The zero-order valence-electron chi connectivity index (χ0n) is 41.5. The van der Waals surface area contributed by atoms with E-state index in [1.54, 1.807) is 68.8 Å². The Labute approximate surface area is 392 Å². The van der Waals surface area contributed by atoms with Crippen molar-refractivity contribution in [3.8, 4) is 28.4 Å². The van der Waals surface area contributed by atoms with Crippen LogP contribution in [0.3, 0.4) is 0 Å². The van der Waals surface area contributed by atoms with E-state index in [9.17, 15) is 19.2 Å². The molecule has 0 bridgehead atoms. The van der Waals surface area contributed by atoms with Crippen LogP contribution in [0.15, 0.2) is 130 Å². The van der Waals surface area contributed by atoms with Gasteiger partial charge in [0.2, 0.25) is 0 Å². The van der Waals surface area contributed by atoms with Crippen LogP contribution in [0.4, 0.5) is 0 Å². The molecule has 1 fully saturated rings. The summed E-state index contributed by atoms with van der Waals surface area (Å²) in [6, 6.07) is 27.3. The number of benzene rings is 3. The molecule has 2 atom stereocenters. The number of nitrogens with zero attached hydrogens (tertiary/aromatic N) is 2. The summed E-state index contributed by atoms with van der Waals surface area (Å²) in [6.07, 6.45) is 7.43. The van der Waals surface area contributed by atoms with Crippen molar-refractivity contribution in [3.63, 3.8) is 0 Å². The van der Waals surface area contributed by atoms with E-state index in [0.717, 1.165) is 34.4 Å². The Morgan fingerprint density at radius 2 is 1.35 bits per heavy atom. The number of carboxylic acids is 2.